The molecule has 7 nitrogen and oxygen atoms in total. The van der Waals surface area contributed by atoms with E-state index in [-0.39, 0.29) is 23.2 Å². The van der Waals surface area contributed by atoms with Gasteiger partial charge in [0.05, 0.1) is 5.39 Å². The number of fused-ring (bicyclic) bond motifs is 1. The number of esters is 1. The molecule has 30 heavy (non-hydrogen) atoms. The van der Waals surface area contributed by atoms with Crippen molar-refractivity contribution in [3.63, 3.8) is 0 Å². The third kappa shape index (κ3) is 5.26. The zero-order valence-electron chi connectivity index (χ0n) is 17.9. The molecule has 1 N–H and O–H groups in total. The monoisotopic (exact) mass is 413 g/mol. The number of aromatic nitrogens is 2. The van der Waals surface area contributed by atoms with Crippen LogP contribution in [0.2, 0.25) is 0 Å². The maximum atomic E-state index is 12.9. The summed E-state index contributed by atoms with van der Waals surface area (Å²) in [4.78, 5) is 38.1. The van der Waals surface area contributed by atoms with Crippen LogP contribution < -0.4 is 10.9 Å². The number of carbonyl (C=O) groups excluding carboxylic acids is 2. The first kappa shape index (κ1) is 22.0. The fourth-order valence-corrected chi connectivity index (χ4v) is 3.86. The highest BCUT2D eigenvalue weighted by molar-refractivity contribution is 6.02. The lowest BCUT2D eigenvalue weighted by Crippen LogP contribution is -2.42. The van der Waals surface area contributed by atoms with Crippen molar-refractivity contribution in [1.29, 1.82) is 0 Å². The van der Waals surface area contributed by atoms with Gasteiger partial charge in [0.25, 0.3) is 11.5 Å². The summed E-state index contributed by atoms with van der Waals surface area (Å²) >= 11 is 0. The summed E-state index contributed by atoms with van der Waals surface area (Å²) in [6.45, 7) is 4.02. The van der Waals surface area contributed by atoms with E-state index in [1.807, 2.05) is 6.92 Å². The Morgan fingerprint density at radius 3 is 2.50 bits per heavy atom. The molecule has 1 amide bonds. The summed E-state index contributed by atoms with van der Waals surface area (Å²) in [5, 5.41) is 8.15. The molecule has 0 unspecified atom stereocenters. The van der Waals surface area contributed by atoms with Gasteiger partial charge in [0.15, 0.2) is 11.8 Å². The third-order valence-corrected chi connectivity index (χ3v) is 5.64. The Hall–Kier alpha value is -2.70. The van der Waals surface area contributed by atoms with Gasteiger partial charge < -0.3 is 10.1 Å². The summed E-state index contributed by atoms with van der Waals surface area (Å²) in [5.74, 6) is -0.987. The van der Waals surface area contributed by atoms with Crippen LogP contribution in [0.4, 0.5) is 0 Å². The predicted molar refractivity (Wildman–Crippen MR) is 115 cm³/mol. The molecule has 1 atom stereocenters. The molecule has 0 aliphatic heterocycles. The van der Waals surface area contributed by atoms with Crippen molar-refractivity contribution in [2.45, 2.75) is 83.9 Å². The number of aryl methyl sites for hydroxylation is 1. The highest BCUT2D eigenvalue weighted by Crippen LogP contribution is 2.18. The van der Waals surface area contributed by atoms with Crippen LogP contribution in [0.1, 0.15) is 75.7 Å². The van der Waals surface area contributed by atoms with Crippen molar-refractivity contribution in [3.8, 4) is 0 Å². The fraction of sp³-hybridized carbons (Fsp3) is 0.565. The van der Waals surface area contributed by atoms with Gasteiger partial charge in [0.1, 0.15) is 0 Å². The van der Waals surface area contributed by atoms with Gasteiger partial charge in [-0.2, -0.15) is 5.10 Å². The van der Waals surface area contributed by atoms with Crippen LogP contribution in [0.5, 0.6) is 0 Å². The van der Waals surface area contributed by atoms with Gasteiger partial charge >= 0.3 is 5.97 Å². The molecule has 7 heteroatoms. The van der Waals surface area contributed by atoms with Crippen LogP contribution in [0.25, 0.3) is 10.8 Å². The number of unbranched alkanes of at least 4 members (excludes halogenated alkanes) is 1. The molecule has 162 valence electrons. The first-order valence-corrected chi connectivity index (χ1v) is 11.0. The minimum absolute atomic E-state index is 0.0652. The maximum absolute atomic E-state index is 12.9. The molecule has 3 rings (SSSR count). The molecular weight excluding hydrogens is 382 g/mol. The molecule has 1 aliphatic carbocycles. The number of hydrogen-bond donors (Lipinski definition) is 1. The van der Waals surface area contributed by atoms with Gasteiger partial charge in [0, 0.05) is 18.0 Å². The lowest BCUT2D eigenvalue weighted by molar-refractivity contribution is -0.129. The SMILES string of the molecule is CCCCn1nc(C(=O)O[C@H](C)C(=O)NC2CCCCCC2)c2ccccc2c1=O. The molecule has 0 radical (unpaired) electrons. The minimum atomic E-state index is -0.933. The largest absolute Gasteiger partial charge is 0.448 e. The number of ether oxygens (including phenoxy) is 1. The van der Waals surface area contributed by atoms with Crippen LogP contribution >= 0.6 is 0 Å². The number of amides is 1. The predicted octanol–water partition coefficient (Wildman–Crippen LogP) is 3.58. The Kier molecular flexibility index (Phi) is 7.60. The second kappa shape index (κ2) is 10.4. The molecule has 1 saturated carbocycles. The number of benzene rings is 1. The standard InChI is InChI=1S/C23H31N3O4/c1-3-4-15-26-22(28)19-14-10-9-13-18(19)20(25-26)23(29)30-16(2)21(27)24-17-11-7-5-6-8-12-17/h9-10,13-14,16-17H,3-8,11-12,15H2,1-2H3,(H,24,27)/t16-/m1/s1. The third-order valence-electron chi connectivity index (χ3n) is 5.64. The Morgan fingerprint density at radius 2 is 1.83 bits per heavy atom. The van der Waals surface area contributed by atoms with E-state index >= 15 is 0 Å². The Bertz CT molecular complexity index is 945. The van der Waals surface area contributed by atoms with E-state index < -0.39 is 12.1 Å². The van der Waals surface area contributed by atoms with Crippen LogP contribution in [-0.2, 0) is 16.1 Å². The zero-order valence-corrected chi connectivity index (χ0v) is 17.9. The van der Waals surface area contributed by atoms with Gasteiger partial charge in [-0.25, -0.2) is 9.48 Å². The molecule has 2 aromatic rings. The number of rotatable bonds is 7. The molecule has 1 aromatic heterocycles. The van der Waals surface area contributed by atoms with E-state index in [1.54, 1.807) is 31.2 Å². The molecule has 0 bridgehead atoms. The zero-order chi connectivity index (χ0) is 21.5. The highest BCUT2D eigenvalue weighted by atomic mass is 16.5. The number of hydrogen-bond acceptors (Lipinski definition) is 5. The van der Waals surface area contributed by atoms with E-state index in [0.717, 1.165) is 38.5 Å². The summed E-state index contributed by atoms with van der Waals surface area (Å²) in [7, 11) is 0. The number of nitrogens with zero attached hydrogens (tertiary/aromatic N) is 2. The second-order valence-electron chi connectivity index (χ2n) is 8.02. The van der Waals surface area contributed by atoms with Crippen LogP contribution in [0.3, 0.4) is 0 Å². The van der Waals surface area contributed by atoms with E-state index in [1.165, 1.54) is 17.5 Å². The van der Waals surface area contributed by atoms with Crippen molar-refractivity contribution in [2.75, 3.05) is 0 Å². The van der Waals surface area contributed by atoms with Crippen molar-refractivity contribution in [2.24, 2.45) is 0 Å². The molecule has 0 saturated heterocycles. The minimum Gasteiger partial charge on any atom is -0.448 e. The normalized spacial score (nSPS) is 16.1. The molecule has 1 aliphatic rings. The van der Waals surface area contributed by atoms with E-state index in [4.69, 9.17) is 4.74 Å². The molecule has 1 fully saturated rings. The second-order valence-corrected chi connectivity index (χ2v) is 8.02. The Balaban J connectivity index is 1.77. The van der Waals surface area contributed by atoms with Gasteiger partial charge in [0.2, 0.25) is 0 Å². The van der Waals surface area contributed by atoms with Crippen LogP contribution in [0, 0.1) is 0 Å². The van der Waals surface area contributed by atoms with Crippen molar-refractivity contribution >= 4 is 22.6 Å². The van der Waals surface area contributed by atoms with E-state index in [0.29, 0.717) is 17.3 Å². The van der Waals surface area contributed by atoms with Gasteiger partial charge in [-0.1, -0.05) is 57.2 Å². The molecule has 0 spiro atoms. The summed E-state index contributed by atoms with van der Waals surface area (Å²) in [6, 6.07) is 7.00. The summed E-state index contributed by atoms with van der Waals surface area (Å²) < 4.78 is 6.77. The molecule has 1 aromatic carbocycles. The molecule has 1 heterocycles. The average molecular weight is 414 g/mol. The first-order chi connectivity index (χ1) is 14.5. The smallest absolute Gasteiger partial charge is 0.360 e. The van der Waals surface area contributed by atoms with Gasteiger partial charge in [-0.15, -0.1) is 0 Å². The van der Waals surface area contributed by atoms with E-state index in [2.05, 4.69) is 10.4 Å². The van der Waals surface area contributed by atoms with Crippen molar-refractivity contribution in [3.05, 3.63) is 40.3 Å². The van der Waals surface area contributed by atoms with E-state index in [9.17, 15) is 14.4 Å². The lowest BCUT2D eigenvalue weighted by atomic mass is 10.1. The van der Waals surface area contributed by atoms with Crippen molar-refractivity contribution in [1.82, 2.24) is 15.1 Å². The molecular formula is C23H31N3O4. The Morgan fingerprint density at radius 1 is 1.17 bits per heavy atom. The summed E-state index contributed by atoms with van der Waals surface area (Å²) in [6.07, 6.45) is 7.27. The quantitative estimate of drug-likeness (QED) is 0.553. The topological polar surface area (TPSA) is 90.3 Å². The maximum Gasteiger partial charge on any atom is 0.360 e. The Labute approximate surface area is 176 Å². The average Bonchev–Trinajstić information content (AvgIpc) is 3.02. The van der Waals surface area contributed by atoms with Gasteiger partial charge in [-0.05, 0) is 32.3 Å². The highest BCUT2D eigenvalue weighted by Gasteiger charge is 2.25. The number of carbonyl (C=O) groups is 2. The fourth-order valence-electron chi connectivity index (χ4n) is 3.86. The van der Waals surface area contributed by atoms with Crippen molar-refractivity contribution < 1.29 is 14.3 Å². The van der Waals surface area contributed by atoms with Crippen LogP contribution in [-0.4, -0.2) is 33.8 Å². The first-order valence-electron chi connectivity index (χ1n) is 11.0. The van der Waals surface area contributed by atoms with Crippen LogP contribution in [0.15, 0.2) is 29.1 Å². The number of nitrogens with one attached hydrogen (secondary N) is 1. The summed E-state index contributed by atoms with van der Waals surface area (Å²) in [5.41, 5.74) is -0.162. The lowest BCUT2D eigenvalue weighted by Gasteiger charge is -2.20. The van der Waals surface area contributed by atoms with Gasteiger partial charge in [-0.3, -0.25) is 9.59 Å².